The highest BCUT2D eigenvalue weighted by Crippen LogP contribution is 2.31. The lowest BCUT2D eigenvalue weighted by Gasteiger charge is -2.20. The minimum Gasteiger partial charge on any atom is -0.330 e. The lowest BCUT2D eigenvalue weighted by Crippen LogP contribution is -2.35. The normalized spacial score (nSPS) is 16.9. The summed E-state index contributed by atoms with van der Waals surface area (Å²) in [5.41, 5.74) is 5.42. The molecule has 1 aliphatic rings. The average molecular weight is 244 g/mol. The molecule has 0 atom stereocenters. The number of rotatable bonds is 6. The Balaban J connectivity index is 2.18. The molecule has 0 unspecified atom stereocenters. The first kappa shape index (κ1) is 11.6. The Bertz CT molecular complexity index is 424. The summed E-state index contributed by atoms with van der Waals surface area (Å²) in [6.45, 7) is 0.990. The Kier molecular flexibility index (Phi) is 3.27. The van der Waals surface area contributed by atoms with Crippen molar-refractivity contribution in [2.24, 2.45) is 5.73 Å². The molecule has 16 heavy (non-hydrogen) atoms. The van der Waals surface area contributed by atoms with E-state index in [2.05, 4.69) is 10.2 Å². The van der Waals surface area contributed by atoms with Crippen LogP contribution in [-0.2, 0) is 10.0 Å². The zero-order valence-corrected chi connectivity index (χ0v) is 9.78. The third-order valence-corrected chi connectivity index (χ3v) is 4.48. The van der Waals surface area contributed by atoms with Crippen molar-refractivity contribution in [2.75, 3.05) is 13.1 Å². The number of H-pyrrole nitrogens is 1. The molecule has 0 aromatic carbocycles. The molecule has 7 heteroatoms. The Morgan fingerprint density at radius 2 is 2.31 bits per heavy atom. The molecule has 90 valence electrons. The second kappa shape index (κ2) is 4.52. The number of nitrogens with zero attached hydrogens (tertiary/aromatic N) is 2. The van der Waals surface area contributed by atoms with Crippen molar-refractivity contribution in [3.8, 4) is 0 Å². The van der Waals surface area contributed by atoms with Crippen molar-refractivity contribution in [3.05, 3.63) is 12.3 Å². The van der Waals surface area contributed by atoms with Gasteiger partial charge in [-0.25, -0.2) is 8.42 Å². The van der Waals surface area contributed by atoms with Crippen molar-refractivity contribution >= 4 is 10.0 Å². The van der Waals surface area contributed by atoms with Gasteiger partial charge in [0.1, 0.15) is 0 Å². The van der Waals surface area contributed by atoms with Crippen LogP contribution in [0.4, 0.5) is 0 Å². The van der Waals surface area contributed by atoms with Gasteiger partial charge in [-0.2, -0.15) is 9.40 Å². The fourth-order valence-corrected chi connectivity index (χ4v) is 3.25. The summed E-state index contributed by atoms with van der Waals surface area (Å²) < 4.78 is 25.9. The van der Waals surface area contributed by atoms with Gasteiger partial charge in [0.2, 0.25) is 0 Å². The second-order valence-electron chi connectivity index (χ2n) is 3.91. The lowest BCUT2D eigenvalue weighted by molar-refractivity contribution is 0.397. The molecule has 0 amide bonds. The predicted molar refractivity (Wildman–Crippen MR) is 59.2 cm³/mol. The summed E-state index contributed by atoms with van der Waals surface area (Å²) in [5.74, 6) is 0. The van der Waals surface area contributed by atoms with Crippen LogP contribution in [0, 0.1) is 0 Å². The number of sulfonamides is 1. The van der Waals surface area contributed by atoms with Crippen LogP contribution >= 0.6 is 0 Å². The van der Waals surface area contributed by atoms with E-state index < -0.39 is 10.0 Å². The van der Waals surface area contributed by atoms with Crippen LogP contribution in [0.1, 0.15) is 19.3 Å². The van der Waals surface area contributed by atoms with Gasteiger partial charge in [0, 0.05) is 12.6 Å². The monoisotopic (exact) mass is 244 g/mol. The van der Waals surface area contributed by atoms with Crippen LogP contribution in [0.15, 0.2) is 17.3 Å². The molecule has 3 N–H and O–H groups in total. The number of aromatic amines is 1. The number of hydrogen-bond acceptors (Lipinski definition) is 4. The molecule has 0 saturated heterocycles. The maximum atomic E-state index is 12.2. The summed E-state index contributed by atoms with van der Waals surface area (Å²) in [6.07, 6.45) is 4.01. The molecule has 2 rings (SSSR count). The van der Waals surface area contributed by atoms with Gasteiger partial charge in [0.05, 0.1) is 6.20 Å². The largest absolute Gasteiger partial charge is 0.330 e. The molecular formula is C9H16N4O2S. The molecule has 0 bridgehead atoms. The molecule has 1 fully saturated rings. The summed E-state index contributed by atoms with van der Waals surface area (Å²) in [4.78, 5) is 0. The predicted octanol–water partition coefficient (Wildman–Crippen LogP) is -0.0884. The minimum atomic E-state index is -3.41. The number of hydrogen-bond donors (Lipinski definition) is 2. The fraction of sp³-hybridized carbons (Fsp3) is 0.667. The Morgan fingerprint density at radius 1 is 1.56 bits per heavy atom. The van der Waals surface area contributed by atoms with Crippen LogP contribution in [0.25, 0.3) is 0 Å². The van der Waals surface area contributed by atoms with Crippen LogP contribution in [0.5, 0.6) is 0 Å². The molecule has 6 nitrogen and oxygen atoms in total. The summed E-state index contributed by atoms with van der Waals surface area (Å²) in [5, 5.41) is 6.34. The maximum Gasteiger partial charge on any atom is 0.260 e. The van der Waals surface area contributed by atoms with Crippen molar-refractivity contribution < 1.29 is 8.42 Å². The highest BCUT2D eigenvalue weighted by molar-refractivity contribution is 7.89. The number of aromatic nitrogens is 2. The Hall–Kier alpha value is -0.920. The first-order valence-corrected chi connectivity index (χ1v) is 6.81. The first-order valence-electron chi connectivity index (χ1n) is 5.37. The molecule has 0 radical (unpaired) electrons. The van der Waals surface area contributed by atoms with E-state index in [1.165, 1.54) is 16.6 Å². The molecule has 1 aromatic heterocycles. The lowest BCUT2D eigenvalue weighted by atomic mass is 10.4. The molecule has 1 heterocycles. The van der Waals surface area contributed by atoms with Crippen molar-refractivity contribution in [1.29, 1.82) is 0 Å². The van der Waals surface area contributed by atoms with E-state index in [1.807, 2.05) is 0 Å². The second-order valence-corrected chi connectivity index (χ2v) is 5.77. The molecule has 1 aliphatic carbocycles. The average Bonchev–Trinajstić information content (AvgIpc) is 2.92. The van der Waals surface area contributed by atoms with Crippen molar-refractivity contribution in [2.45, 2.75) is 30.3 Å². The van der Waals surface area contributed by atoms with E-state index in [0.29, 0.717) is 19.5 Å². The highest BCUT2D eigenvalue weighted by atomic mass is 32.2. The Labute approximate surface area is 94.9 Å². The first-order chi connectivity index (χ1) is 7.66. The molecule has 1 aromatic rings. The summed E-state index contributed by atoms with van der Waals surface area (Å²) >= 11 is 0. The van der Waals surface area contributed by atoms with E-state index in [0.717, 1.165) is 12.8 Å². The highest BCUT2D eigenvalue weighted by Gasteiger charge is 2.38. The topological polar surface area (TPSA) is 92.1 Å². The van der Waals surface area contributed by atoms with Gasteiger partial charge in [-0.3, -0.25) is 5.10 Å². The van der Waals surface area contributed by atoms with E-state index in [9.17, 15) is 8.42 Å². The van der Waals surface area contributed by atoms with Gasteiger partial charge in [0.25, 0.3) is 10.0 Å². The van der Waals surface area contributed by atoms with E-state index in [4.69, 9.17) is 5.73 Å². The van der Waals surface area contributed by atoms with Crippen molar-refractivity contribution in [3.63, 3.8) is 0 Å². The molecule has 0 spiro atoms. The van der Waals surface area contributed by atoms with Gasteiger partial charge in [-0.05, 0) is 31.9 Å². The zero-order chi connectivity index (χ0) is 11.6. The van der Waals surface area contributed by atoms with Crippen LogP contribution in [0.3, 0.4) is 0 Å². The van der Waals surface area contributed by atoms with Gasteiger partial charge in [-0.15, -0.1) is 0 Å². The summed E-state index contributed by atoms with van der Waals surface area (Å²) in [6, 6.07) is 1.63. The zero-order valence-electron chi connectivity index (χ0n) is 8.96. The van der Waals surface area contributed by atoms with Crippen molar-refractivity contribution in [1.82, 2.24) is 14.5 Å². The third-order valence-electron chi connectivity index (χ3n) is 2.60. The fourth-order valence-electron chi connectivity index (χ4n) is 1.62. The standard InChI is InChI=1S/C9H16N4O2S/c10-5-1-7-13(8-2-3-8)16(14,15)9-4-6-11-12-9/h4,6,8H,1-3,5,7,10H2,(H,11,12). The molecule has 1 saturated carbocycles. The van der Waals surface area contributed by atoms with E-state index in [-0.39, 0.29) is 11.1 Å². The quantitative estimate of drug-likeness (QED) is 0.731. The van der Waals surface area contributed by atoms with Crippen LogP contribution in [-0.4, -0.2) is 42.1 Å². The smallest absolute Gasteiger partial charge is 0.260 e. The molecule has 0 aliphatic heterocycles. The minimum absolute atomic E-state index is 0.153. The number of nitrogens with one attached hydrogen (secondary N) is 1. The number of nitrogens with two attached hydrogens (primary N) is 1. The third kappa shape index (κ3) is 2.26. The van der Waals surface area contributed by atoms with Gasteiger partial charge >= 0.3 is 0 Å². The van der Waals surface area contributed by atoms with Crippen LogP contribution < -0.4 is 5.73 Å². The van der Waals surface area contributed by atoms with E-state index >= 15 is 0 Å². The molecular weight excluding hydrogens is 228 g/mol. The Morgan fingerprint density at radius 3 is 2.81 bits per heavy atom. The maximum absolute atomic E-state index is 12.2. The van der Waals surface area contributed by atoms with Gasteiger partial charge in [-0.1, -0.05) is 0 Å². The summed E-state index contributed by atoms with van der Waals surface area (Å²) in [7, 11) is -3.41. The SMILES string of the molecule is NCCCN(C1CC1)S(=O)(=O)c1ccn[nH]1. The van der Waals surface area contributed by atoms with Gasteiger partial charge < -0.3 is 5.73 Å². The van der Waals surface area contributed by atoms with Crippen LogP contribution in [0.2, 0.25) is 0 Å². The van der Waals surface area contributed by atoms with E-state index in [1.54, 1.807) is 0 Å². The van der Waals surface area contributed by atoms with Gasteiger partial charge in [0.15, 0.2) is 5.03 Å².